The number of hydrogen-bond acceptors (Lipinski definition) is 6. The fourth-order valence-corrected chi connectivity index (χ4v) is 5.48. The van der Waals surface area contributed by atoms with Crippen molar-refractivity contribution in [1.29, 1.82) is 0 Å². The lowest BCUT2D eigenvalue weighted by Gasteiger charge is -2.23. The zero-order valence-corrected chi connectivity index (χ0v) is 20.4. The van der Waals surface area contributed by atoms with E-state index < -0.39 is 0 Å². The molecule has 172 valence electrons. The van der Waals surface area contributed by atoms with Crippen LogP contribution in [-0.4, -0.2) is 50.3 Å². The van der Waals surface area contributed by atoms with E-state index in [2.05, 4.69) is 47.1 Å². The van der Waals surface area contributed by atoms with Gasteiger partial charge in [-0.1, -0.05) is 30.7 Å². The molecule has 1 saturated heterocycles. The van der Waals surface area contributed by atoms with Crippen molar-refractivity contribution in [3.8, 4) is 11.5 Å². The summed E-state index contributed by atoms with van der Waals surface area (Å²) >= 11 is 1.77. The Morgan fingerprint density at radius 2 is 1.78 bits per heavy atom. The van der Waals surface area contributed by atoms with Crippen LogP contribution in [-0.2, 0) is 6.42 Å². The summed E-state index contributed by atoms with van der Waals surface area (Å²) in [5.41, 5.74) is 3.52. The minimum atomic E-state index is 0.749. The van der Waals surface area contributed by atoms with Gasteiger partial charge in [-0.25, -0.2) is 4.98 Å². The standard InChI is InChI=1S/C26H35N3O2S/c1-4-20-10-12-22-25(18-20)32-26(27-22)29(17-7-5-6-14-28-15-8-9-16-28)21-11-13-23(30-2)24(19-21)31-3/h10-13,18-19H,4-9,14-17H2,1-3H3. The van der Waals surface area contributed by atoms with Crippen LogP contribution < -0.4 is 14.4 Å². The molecule has 0 bridgehead atoms. The summed E-state index contributed by atoms with van der Waals surface area (Å²) in [4.78, 5) is 9.93. The first-order chi connectivity index (χ1) is 15.7. The maximum absolute atomic E-state index is 5.58. The molecule has 0 aliphatic carbocycles. The third-order valence-corrected chi connectivity index (χ3v) is 7.36. The monoisotopic (exact) mass is 453 g/mol. The predicted octanol–water partition coefficient (Wildman–Crippen LogP) is 6.28. The average Bonchev–Trinajstić information content (AvgIpc) is 3.50. The Kier molecular flexibility index (Phi) is 7.87. The third-order valence-electron chi connectivity index (χ3n) is 6.31. The SMILES string of the molecule is CCc1ccc2nc(N(CCCCCN3CCCC3)c3ccc(OC)c(OC)c3)sc2c1. The van der Waals surface area contributed by atoms with E-state index in [1.807, 2.05) is 6.07 Å². The Morgan fingerprint density at radius 1 is 0.969 bits per heavy atom. The number of thiazole rings is 1. The van der Waals surface area contributed by atoms with Crippen LogP contribution in [0.4, 0.5) is 10.8 Å². The number of ether oxygens (including phenoxy) is 2. The summed E-state index contributed by atoms with van der Waals surface area (Å²) in [5, 5.41) is 1.04. The summed E-state index contributed by atoms with van der Waals surface area (Å²) in [6.45, 7) is 6.93. The molecule has 0 saturated carbocycles. The average molecular weight is 454 g/mol. The van der Waals surface area contributed by atoms with Gasteiger partial charge in [0.25, 0.3) is 0 Å². The van der Waals surface area contributed by atoms with Gasteiger partial charge < -0.3 is 19.3 Å². The highest BCUT2D eigenvalue weighted by molar-refractivity contribution is 7.22. The topological polar surface area (TPSA) is 37.8 Å². The highest BCUT2D eigenvalue weighted by atomic mass is 32.1. The number of aryl methyl sites for hydroxylation is 1. The molecule has 32 heavy (non-hydrogen) atoms. The molecule has 1 aliphatic heterocycles. The molecule has 6 heteroatoms. The molecule has 0 unspecified atom stereocenters. The van der Waals surface area contributed by atoms with E-state index >= 15 is 0 Å². The second-order valence-corrected chi connectivity index (χ2v) is 9.46. The van der Waals surface area contributed by atoms with Crippen molar-refractivity contribution >= 4 is 32.4 Å². The Morgan fingerprint density at radius 3 is 2.53 bits per heavy atom. The van der Waals surface area contributed by atoms with E-state index in [9.17, 15) is 0 Å². The van der Waals surface area contributed by atoms with Crippen LogP contribution in [0, 0.1) is 0 Å². The van der Waals surface area contributed by atoms with Crippen molar-refractivity contribution in [1.82, 2.24) is 9.88 Å². The van der Waals surface area contributed by atoms with Crippen LogP contribution in [0.1, 0.15) is 44.6 Å². The molecule has 0 radical (unpaired) electrons. The van der Waals surface area contributed by atoms with Gasteiger partial charge in [0.05, 0.1) is 24.4 Å². The number of nitrogens with zero attached hydrogens (tertiary/aromatic N) is 3. The highest BCUT2D eigenvalue weighted by Crippen LogP contribution is 2.38. The number of aromatic nitrogens is 1. The number of hydrogen-bond donors (Lipinski definition) is 0. The normalized spacial score (nSPS) is 14.2. The van der Waals surface area contributed by atoms with Crippen LogP contribution >= 0.6 is 11.3 Å². The molecule has 2 aromatic carbocycles. The molecule has 4 rings (SSSR count). The van der Waals surface area contributed by atoms with Crippen molar-refractivity contribution in [2.45, 2.75) is 45.4 Å². The van der Waals surface area contributed by atoms with E-state index in [0.717, 1.165) is 47.2 Å². The summed E-state index contributed by atoms with van der Waals surface area (Å²) in [5.74, 6) is 1.50. The molecule has 0 amide bonds. The second kappa shape index (κ2) is 11.0. The van der Waals surface area contributed by atoms with E-state index in [1.54, 1.807) is 25.6 Å². The van der Waals surface area contributed by atoms with Crippen molar-refractivity contribution < 1.29 is 9.47 Å². The summed E-state index contributed by atoms with van der Waals surface area (Å²) in [6.07, 6.45) is 7.40. The van der Waals surface area contributed by atoms with Crippen LogP contribution in [0.25, 0.3) is 10.2 Å². The van der Waals surface area contributed by atoms with Gasteiger partial charge in [-0.3, -0.25) is 0 Å². The zero-order valence-electron chi connectivity index (χ0n) is 19.6. The Labute approximate surface area is 196 Å². The first-order valence-corrected chi connectivity index (χ1v) is 12.6. The van der Waals surface area contributed by atoms with E-state index in [-0.39, 0.29) is 0 Å². The maximum atomic E-state index is 5.58. The first-order valence-electron chi connectivity index (χ1n) is 11.8. The van der Waals surface area contributed by atoms with Crippen LogP contribution in [0.3, 0.4) is 0 Å². The zero-order chi connectivity index (χ0) is 22.3. The molecule has 0 atom stereocenters. The highest BCUT2D eigenvalue weighted by Gasteiger charge is 2.17. The smallest absolute Gasteiger partial charge is 0.190 e. The van der Waals surface area contributed by atoms with Crippen molar-refractivity contribution in [2.24, 2.45) is 0 Å². The van der Waals surface area contributed by atoms with Gasteiger partial charge in [0, 0.05) is 18.3 Å². The fraction of sp³-hybridized carbons (Fsp3) is 0.500. The number of anilines is 2. The lowest BCUT2D eigenvalue weighted by molar-refractivity contribution is 0.329. The van der Waals surface area contributed by atoms with Crippen molar-refractivity contribution in [3.05, 3.63) is 42.0 Å². The molecule has 3 aromatic rings. The van der Waals surface area contributed by atoms with E-state index in [1.165, 1.54) is 55.6 Å². The fourth-order valence-electron chi connectivity index (χ4n) is 4.41. The van der Waals surface area contributed by atoms with Crippen LogP contribution in [0.2, 0.25) is 0 Å². The Hall–Kier alpha value is -2.31. The van der Waals surface area contributed by atoms with Gasteiger partial charge in [0.1, 0.15) is 0 Å². The Bertz CT molecular complexity index is 1010. The van der Waals surface area contributed by atoms with Gasteiger partial charge in [0.15, 0.2) is 16.6 Å². The Balaban J connectivity index is 1.53. The summed E-state index contributed by atoms with van der Waals surface area (Å²) in [6, 6.07) is 12.8. The molecule has 5 nitrogen and oxygen atoms in total. The number of methoxy groups -OCH3 is 2. The lowest BCUT2D eigenvalue weighted by Crippen LogP contribution is -2.21. The quantitative estimate of drug-likeness (QED) is 0.319. The first kappa shape index (κ1) is 22.9. The molecule has 1 fully saturated rings. The summed E-state index contributed by atoms with van der Waals surface area (Å²) in [7, 11) is 3.36. The van der Waals surface area contributed by atoms with Gasteiger partial charge >= 0.3 is 0 Å². The maximum Gasteiger partial charge on any atom is 0.190 e. The molecular weight excluding hydrogens is 418 g/mol. The van der Waals surface area contributed by atoms with E-state index in [0.29, 0.717) is 0 Å². The summed E-state index contributed by atoms with van der Waals surface area (Å²) < 4.78 is 12.3. The molecular formula is C26H35N3O2S. The number of fused-ring (bicyclic) bond motifs is 1. The molecule has 1 aromatic heterocycles. The van der Waals surface area contributed by atoms with Gasteiger partial charge in [0.2, 0.25) is 0 Å². The predicted molar refractivity (Wildman–Crippen MR) is 135 cm³/mol. The number of likely N-dealkylation sites (tertiary alicyclic amines) is 1. The van der Waals surface area contributed by atoms with Gasteiger partial charge in [-0.2, -0.15) is 0 Å². The second-order valence-electron chi connectivity index (χ2n) is 8.45. The molecule has 2 heterocycles. The molecule has 0 N–H and O–H groups in total. The van der Waals surface area contributed by atoms with Crippen molar-refractivity contribution in [2.75, 3.05) is 45.3 Å². The molecule has 0 spiro atoms. The van der Waals surface area contributed by atoms with Crippen LogP contribution in [0.15, 0.2) is 36.4 Å². The number of benzene rings is 2. The largest absolute Gasteiger partial charge is 0.493 e. The molecule has 1 aliphatic rings. The van der Waals surface area contributed by atoms with E-state index in [4.69, 9.17) is 14.5 Å². The van der Waals surface area contributed by atoms with Gasteiger partial charge in [-0.15, -0.1) is 0 Å². The minimum absolute atomic E-state index is 0.749. The van der Waals surface area contributed by atoms with Crippen LogP contribution in [0.5, 0.6) is 11.5 Å². The number of rotatable bonds is 11. The third kappa shape index (κ3) is 5.36. The van der Waals surface area contributed by atoms with Gasteiger partial charge in [-0.05, 0) is 81.6 Å². The minimum Gasteiger partial charge on any atom is -0.493 e. The van der Waals surface area contributed by atoms with Crippen molar-refractivity contribution in [3.63, 3.8) is 0 Å². The number of unbranched alkanes of at least 4 members (excludes halogenated alkanes) is 2. The lowest BCUT2D eigenvalue weighted by atomic mass is 10.2.